The number of nitrogens with two attached hydrogens (primary N) is 1. The van der Waals surface area contributed by atoms with Gasteiger partial charge in [-0.1, -0.05) is 12.1 Å². The van der Waals surface area contributed by atoms with Crippen LogP contribution in [0.15, 0.2) is 24.3 Å². The summed E-state index contributed by atoms with van der Waals surface area (Å²) in [6.45, 7) is 2.44. The SMILES string of the molecule is NCCCNCc1nc2ccccc2[nH]1. The van der Waals surface area contributed by atoms with E-state index in [1.54, 1.807) is 0 Å². The number of nitrogens with zero attached hydrogens (tertiary/aromatic N) is 1. The molecule has 0 saturated heterocycles. The second kappa shape index (κ2) is 4.91. The smallest absolute Gasteiger partial charge is 0.121 e. The van der Waals surface area contributed by atoms with Crippen molar-refractivity contribution in [3.05, 3.63) is 30.1 Å². The lowest BCUT2D eigenvalue weighted by atomic mass is 10.3. The number of rotatable bonds is 5. The lowest BCUT2D eigenvalue weighted by molar-refractivity contribution is 0.640. The van der Waals surface area contributed by atoms with Crippen LogP contribution in [0.4, 0.5) is 0 Å². The van der Waals surface area contributed by atoms with Crippen molar-refractivity contribution in [1.29, 1.82) is 0 Å². The maximum Gasteiger partial charge on any atom is 0.121 e. The Labute approximate surface area is 88.9 Å². The second-order valence-corrected chi connectivity index (χ2v) is 3.52. The van der Waals surface area contributed by atoms with Gasteiger partial charge >= 0.3 is 0 Å². The Morgan fingerprint density at radius 1 is 1.33 bits per heavy atom. The molecule has 0 radical (unpaired) electrons. The molecule has 1 aromatic carbocycles. The van der Waals surface area contributed by atoms with E-state index in [2.05, 4.69) is 15.3 Å². The number of benzene rings is 1. The molecule has 0 aliphatic rings. The number of fused-ring (bicyclic) bond motifs is 1. The number of H-pyrrole nitrogens is 1. The highest BCUT2D eigenvalue weighted by molar-refractivity contribution is 5.74. The predicted octanol–water partition coefficient (Wildman–Crippen LogP) is 1.00. The molecule has 15 heavy (non-hydrogen) atoms. The fourth-order valence-corrected chi connectivity index (χ4v) is 1.52. The van der Waals surface area contributed by atoms with E-state index in [4.69, 9.17) is 5.73 Å². The number of nitrogens with one attached hydrogen (secondary N) is 2. The van der Waals surface area contributed by atoms with Gasteiger partial charge in [0.05, 0.1) is 17.6 Å². The molecule has 4 N–H and O–H groups in total. The minimum atomic E-state index is 0.729. The summed E-state index contributed by atoms with van der Waals surface area (Å²) in [7, 11) is 0. The molecular weight excluding hydrogens is 188 g/mol. The fourth-order valence-electron chi connectivity index (χ4n) is 1.52. The van der Waals surface area contributed by atoms with Crippen LogP contribution in [0.3, 0.4) is 0 Å². The van der Waals surface area contributed by atoms with E-state index in [1.165, 1.54) is 0 Å². The topological polar surface area (TPSA) is 66.7 Å². The predicted molar refractivity (Wildman–Crippen MR) is 61.5 cm³/mol. The molecule has 1 aromatic heterocycles. The van der Waals surface area contributed by atoms with Crippen molar-refractivity contribution < 1.29 is 0 Å². The molecule has 4 heteroatoms. The Balaban J connectivity index is 1.97. The number of aromatic amines is 1. The average molecular weight is 204 g/mol. The van der Waals surface area contributed by atoms with Gasteiger partial charge in [0.2, 0.25) is 0 Å². The first-order valence-electron chi connectivity index (χ1n) is 5.24. The number of hydrogen-bond donors (Lipinski definition) is 3. The van der Waals surface area contributed by atoms with Gasteiger partial charge in [-0.2, -0.15) is 0 Å². The second-order valence-electron chi connectivity index (χ2n) is 3.52. The van der Waals surface area contributed by atoms with Crippen LogP contribution in [0, 0.1) is 0 Å². The Kier molecular flexibility index (Phi) is 3.32. The summed E-state index contributed by atoms with van der Waals surface area (Å²) in [6.07, 6.45) is 1.00. The maximum absolute atomic E-state index is 5.41. The van der Waals surface area contributed by atoms with Gasteiger partial charge in [0, 0.05) is 0 Å². The lowest BCUT2D eigenvalue weighted by Crippen LogP contribution is -2.18. The Bertz CT molecular complexity index is 388. The van der Waals surface area contributed by atoms with Crippen molar-refractivity contribution in [1.82, 2.24) is 15.3 Å². The third-order valence-electron chi connectivity index (χ3n) is 2.29. The molecule has 4 nitrogen and oxygen atoms in total. The van der Waals surface area contributed by atoms with E-state index >= 15 is 0 Å². The normalized spacial score (nSPS) is 11.0. The van der Waals surface area contributed by atoms with E-state index in [0.29, 0.717) is 0 Å². The summed E-state index contributed by atoms with van der Waals surface area (Å²) in [5, 5.41) is 3.29. The van der Waals surface area contributed by atoms with Crippen molar-refractivity contribution in [2.24, 2.45) is 5.73 Å². The van der Waals surface area contributed by atoms with Gasteiger partial charge in [-0.15, -0.1) is 0 Å². The van der Waals surface area contributed by atoms with E-state index in [0.717, 1.165) is 42.9 Å². The quantitative estimate of drug-likeness (QED) is 0.636. The number of imidazole rings is 1. The molecule has 0 atom stereocenters. The van der Waals surface area contributed by atoms with Crippen LogP contribution in [0.2, 0.25) is 0 Å². The highest BCUT2D eigenvalue weighted by Crippen LogP contribution is 2.09. The standard InChI is InChI=1S/C11H16N4/c12-6-3-7-13-8-11-14-9-4-1-2-5-10(9)15-11/h1-2,4-5,13H,3,6-8,12H2,(H,14,15). The monoisotopic (exact) mass is 204 g/mol. The van der Waals surface area contributed by atoms with Crippen LogP contribution in [0.1, 0.15) is 12.2 Å². The Morgan fingerprint density at radius 2 is 2.20 bits per heavy atom. The van der Waals surface area contributed by atoms with Crippen LogP contribution in [0.25, 0.3) is 11.0 Å². The Morgan fingerprint density at radius 3 is 3.00 bits per heavy atom. The molecule has 80 valence electrons. The minimum absolute atomic E-state index is 0.729. The molecule has 0 bridgehead atoms. The van der Waals surface area contributed by atoms with Gasteiger partial charge in [0.15, 0.2) is 0 Å². The zero-order valence-corrected chi connectivity index (χ0v) is 8.66. The van der Waals surface area contributed by atoms with Crippen molar-refractivity contribution in [3.63, 3.8) is 0 Å². The van der Waals surface area contributed by atoms with Crippen LogP contribution < -0.4 is 11.1 Å². The van der Waals surface area contributed by atoms with Gasteiger partial charge in [-0.3, -0.25) is 0 Å². The van der Waals surface area contributed by atoms with E-state index < -0.39 is 0 Å². The summed E-state index contributed by atoms with van der Waals surface area (Å²) in [6, 6.07) is 8.04. The van der Waals surface area contributed by atoms with Crippen LogP contribution in [-0.4, -0.2) is 23.1 Å². The van der Waals surface area contributed by atoms with Gasteiger partial charge in [0.25, 0.3) is 0 Å². The lowest BCUT2D eigenvalue weighted by Gasteiger charge is -1.99. The van der Waals surface area contributed by atoms with Crippen molar-refractivity contribution >= 4 is 11.0 Å². The van der Waals surface area contributed by atoms with Crippen molar-refractivity contribution in [2.45, 2.75) is 13.0 Å². The Hall–Kier alpha value is -1.39. The van der Waals surface area contributed by atoms with E-state index in [-0.39, 0.29) is 0 Å². The first kappa shape index (κ1) is 10.1. The first-order valence-corrected chi connectivity index (χ1v) is 5.24. The molecule has 0 aliphatic heterocycles. The molecule has 0 saturated carbocycles. The van der Waals surface area contributed by atoms with E-state index in [9.17, 15) is 0 Å². The van der Waals surface area contributed by atoms with Gasteiger partial charge in [-0.25, -0.2) is 4.98 Å². The molecule has 0 aliphatic carbocycles. The van der Waals surface area contributed by atoms with Crippen LogP contribution in [-0.2, 0) is 6.54 Å². The summed E-state index contributed by atoms with van der Waals surface area (Å²) >= 11 is 0. The summed E-state index contributed by atoms with van der Waals surface area (Å²) in [4.78, 5) is 7.73. The fraction of sp³-hybridized carbons (Fsp3) is 0.364. The van der Waals surface area contributed by atoms with Crippen LogP contribution in [0.5, 0.6) is 0 Å². The zero-order valence-electron chi connectivity index (χ0n) is 8.66. The molecule has 0 amide bonds. The zero-order chi connectivity index (χ0) is 10.5. The number of aromatic nitrogens is 2. The molecule has 2 rings (SSSR count). The van der Waals surface area contributed by atoms with Gasteiger partial charge in [-0.05, 0) is 31.6 Å². The number of para-hydroxylation sites is 2. The summed E-state index contributed by atoms with van der Waals surface area (Å²) in [5.41, 5.74) is 7.52. The van der Waals surface area contributed by atoms with E-state index in [1.807, 2.05) is 24.3 Å². The third kappa shape index (κ3) is 2.55. The highest BCUT2D eigenvalue weighted by atomic mass is 15.0. The minimum Gasteiger partial charge on any atom is -0.341 e. The molecule has 1 heterocycles. The van der Waals surface area contributed by atoms with Gasteiger partial charge in [0.1, 0.15) is 5.82 Å². The maximum atomic E-state index is 5.41. The molecule has 0 spiro atoms. The van der Waals surface area contributed by atoms with Gasteiger partial charge < -0.3 is 16.0 Å². The first-order chi connectivity index (χ1) is 7.40. The third-order valence-corrected chi connectivity index (χ3v) is 2.29. The summed E-state index contributed by atoms with van der Waals surface area (Å²) < 4.78 is 0. The molecule has 0 unspecified atom stereocenters. The van der Waals surface area contributed by atoms with Crippen LogP contribution >= 0.6 is 0 Å². The molecule has 2 aromatic rings. The highest BCUT2D eigenvalue weighted by Gasteiger charge is 2.00. The van der Waals surface area contributed by atoms with Crippen molar-refractivity contribution in [2.75, 3.05) is 13.1 Å². The summed E-state index contributed by atoms with van der Waals surface area (Å²) in [5.74, 6) is 0.980. The molecule has 0 fully saturated rings. The van der Waals surface area contributed by atoms with Crippen molar-refractivity contribution in [3.8, 4) is 0 Å². The largest absolute Gasteiger partial charge is 0.341 e. The average Bonchev–Trinajstić information content (AvgIpc) is 2.67. The molecular formula is C11H16N4. The number of hydrogen-bond acceptors (Lipinski definition) is 3.